The van der Waals surface area contributed by atoms with Crippen molar-refractivity contribution in [2.75, 3.05) is 0 Å². The monoisotopic (exact) mass is 811 g/mol. The first-order valence-corrected chi connectivity index (χ1v) is 25.9. The van der Waals surface area contributed by atoms with Gasteiger partial charge in [-0.15, -0.1) is 23.5 Å². The van der Waals surface area contributed by atoms with E-state index in [0.717, 1.165) is 24.7 Å². The van der Waals surface area contributed by atoms with Crippen LogP contribution in [-0.4, -0.2) is 73.0 Å². The molecule has 8 aliphatic carbocycles. The minimum absolute atomic E-state index is 0.0553. The Morgan fingerprint density at radius 1 is 0.741 bits per heavy atom. The van der Waals surface area contributed by atoms with Gasteiger partial charge in [0.25, 0.3) is 0 Å². The molecule has 0 aromatic rings. The van der Waals surface area contributed by atoms with Crippen molar-refractivity contribution in [3.63, 3.8) is 0 Å². The number of allylic oxidation sites excluding steroid dienone is 8. The quantitative estimate of drug-likeness (QED) is 0.278. The van der Waals surface area contributed by atoms with E-state index in [2.05, 4.69) is 116 Å². The number of rotatable bonds is 5. The summed E-state index contributed by atoms with van der Waals surface area (Å²) >= 11 is 4.59. The Labute approximate surface area is 357 Å². The first kappa shape index (κ1) is 37.4. The largest absolute Gasteiger partial charge is 0.363 e. The van der Waals surface area contributed by atoms with E-state index in [1.807, 2.05) is 0 Å². The predicted molar refractivity (Wildman–Crippen MR) is 240 cm³/mol. The van der Waals surface area contributed by atoms with Gasteiger partial charge >= 0.3 is 0 Å². The van der Waals surface area contributed by atoms with E-state index in [1.165, 1.54) is 120 Å². The van der Waals surface area contributed by atoms with Crippen LogP contribution in [0.1, 0.15) is 122 Å². The van der Waals surface area contributed by atoms with Gasteiger partial charge in [0.2, 0.25) is 0 Å². The number of hydrogen-bond donors (Lipinski definition) is 1. The normalized spacial score (nSPS) is 44.5. The molecule has 0 aromatic heterocycles. The van der Waals surface area contributed by atoms with Crippen LogP contribution in [0.4, 0.5) is 0 Å². The molecule has 0 amide bonds. The van der Waals surface area contributed by atoms with Crippen LogP contribution < -0.4 is 5.32 Å². The summed E-state index contributed by atoms with van der Waals surface area (Å²) in [4.78, 5) is 10.6. The maximum absolute atomic E-state index is 11.4. The SMILES string of the molecule is N#CC1C=C(C2NC(C3C=CCC4C5CCCC=C5SC34)N2C2CCCCC2)C(N2C3CCC=CC3SC3CCCCC32)=CC1N1C2=C(C=CCC2)C2CCC=CC21. The predicted octanol–water partition coefficient (Wildman–Crippen LogP) is 10.9. The summed E-state index contributed by atoms with van der Waals surface area (Å²) in [6.45, 7) is 0. The van der Waals surface area contributed by atoms with Gasteiger partial charge in [0.05, 0.1) is 36.4 Å². The summed E-state index contributed by atoms with van der Waals surface area (Å²) in [5.41, 5.74) is 6.08. The molecule has 1 N–H and O–H groups in total. The molecular formula is C51H65N5S2. The van der Waals surface area contributed by atoms with Crippen LogP contribution >= 0.6 is 23.5 Å². The van der Waals surface area contributed by atoms with E-state index >= 15 is 0 Å². The molecule has 58 heavy (non-hydrogen) atoms. The Hall–Kier alpha value is -2.37. The molecular weight excluding hydrogens is 747 g/mol. The third-order valence-electron chi connectivity index (χ3n) is 17.1. The lowest BCUT2D eigenvalue weighted by Gasteiger charge is -2.61. The lowest BCUT2D eigenvalue weighted by Crippen LogP contribution is -2.76. The van der Waals surface area contributed by atoms with Gasteiger partial charge < -0.3 is 9.80 Å². The number of nitrogens with zero attached hydrogens (tertiary/aromatic N) is 4. The molecule has 3 saturated heterocycles. The summed E-state index contributed by atoms with van der Waals surface area (Å²) in [6.07, 6.45) is 53.0. The van der Waals surface area contributed by atoms with E-state index in [1.54, 1.807) is 16.2 Å². The molecule has 5 fully saturated rings. The fourth-order valence-corrected chi connectivity index (χ4v) is 18.3. The van der Waals surface area contributed by atoms with E-state index in [4.69, 9.17) is 0 Å². The second kappa shape index (κ2) is 15.5. The van der Waals surface area contributed by atoms with Crippen molar-refractivity contribution in [2.24, 2.45) is 29.6 Å². The maximum atomic E-state index is 11.4. The van der Waals surface area contributed by atoms with Crippen LogP contribution in [0.5, 0.6) is 0 Å². The summed E-state index contributed by atoms with van der Waals surface area (Å²) in [5.74, 6) is 2.47. The lowest BCUT2D eigenvalue weighted by molar-refractivity contribution is -0.0791. The van der Waals surface area contributed by atoms with E-state index < -0.39 is 0 Å². The third-order valence-corrected chi connectivity index (χ3v) is 20.5. The van der Waals surface area contributed by atoms with Gasteiger partial charge in [-0.1, -0.05) is 92.9 Å². The van der Waals surface area contributed by atoms with Crippen LogP contribution in [0.2, 0.25) is 0 Å². The minimum Gasteiger partial charge on any atom is -0.363 e. The zero-order chi connectivity index (χ0) is 38.3. The lowest BCUT2D eigenvalue weighted by atomic mass is 9.73. The highest BCUT2D eigenvalue weighted by Crippen LogP contribution is 2.58. The van der Waals surface area contributed by atoms with Gasteiger partial charge in [-0.2, -0.15) is 5.26 Å². The highest BCUT2D eigenvalue weighted by atomic mass is 32.2. The smallest absolute Gasteiger partial charge is 0.0905 e. The van der Waals surface area contributed by atoms with E-state index in [0.29, 0.717) is 57.9 Å². The van der Waals surface area contributed by atoms with E-state index in [9.17, 15) is 5.26 Å². The van der Waals surface area contributed by atoms with Gasteiger partial charge in [0.15, 0.2) is 0 Å². The Bertz CT molecular complexity index is 1920. The van der Waals surface area contributed by atoms with Crippen molar-refractivity contribution in [2.45, 2.75) is 180 Å². The molecule has 0 radical (unpaired) electrons. The highest BCUT2D eigenvalue weighted by molar-refractivity contribution is 8.04. The summed E-state index contributed by atoms with van der Waals surface area (Å²) < 4.78 is 0. The van der Waals surface area contributed by atoms with Gasteiger partial charge in [-0.25, -0.2) is 0 Å². The highest BCUT2D eigenvalue weighted by Gasteiger charge is 2.56. The van der Waals surface area contributed by atoms with Crippen molar-refractivity contribution in [1.82, 2.24) is 20.0 Å². The molecule has 0 aromatic carbocycles. The van der Waals surface area contributed by atoms with E-state index in [-0.39, 0.29) is 18.1 Å². The summed E-state index contributed by atoms with van der Waals surface area (Å²) in [5, 5.41) is 17.7. The standard InChI is InChI=1S/C51H65N5S2/c52-31-32-29-39(51-53-50(54(51)33-15-2-1-3-16-33)38-21-14-20-37-36-19-6-11-26-46(36)58-49(37)38)45(56-42-24-9-12-27-47(42)57-48-28-13-10-25-43(48)56)30-44(32)55-40-22-7-4-17-34(40)35-18-5-8-23-41(35)55/h4,8,12,14,17,21,23,26-27,29-30,32-33,35-38,41-44,47-51,53H,1-3,5-7,9-11,13,15-16,18-20,22,24-25,28H2. The number of nitriles is 1. The fraction of sp³-hybridized carbons (Fsp3) is 0.667. The summed E-state index contributed by atoms with van der Waals surface area (Å²) in [7, 11) is 0. The van der Waals surface area contributed by atoms with Crippen LogP contribution in [0.3, 0.4) is 0 Å². The second-order valence-electron chi connectivity index (χ2n) is 20.0. The maximum Gasteiger partial charge on any atom is 0.0905 e. The molecule has 0 bridgehead atoms. The molecule has 2 saturated carbocycles. The number of hydrogen-bond acceptors (Lipinski definition) is 7. The summed E-state index contributed by atoms with van der Waals surface area (Å²) in [6, 6.07) is 5.10. The zero-order valence-electron chi connectivity index (χ0n) is 34.6. The van der Waals surface area contributed by atoms with Crippen molar-refractivity contribution >= 4 is 23.5 Å². The van der Waals surface area contributed by atoms with Crippen molar-refractivity contribution < 1.29 is 0 Å². The zero-order valence-corrected chi connectivity index (χ0v) is 36.2. The first-order chi connectivity index (χ1) is 28.7. The van der Waals surface area contributed by atoms with Crippen LogP contribution in [0, 0.1) is 40.9 Å². The fourth-order valence-electron chi connectivity index (χ4n) is 14.6. The average Bonchev–Trinajstić information content (AvgIpc) is 3.82. The third kappa shape index (κ3) is 6.06. The number of thioether (sulfide) groups is 2. The van der Waals surface area contributed by atoms with Gasteiger partial charge in [0.1, 0.15) is 0 Å². The molecule has 14 unspecified atom stereocenters. The Morgan fingerprint density at radius 3 is 2.55 bits per heavy atom. The molecule has 5 nitrogen and oxygen atoms in total. The molecule has 12 aliphatic rings. The molecule has 4 heterocycles. The second-order valence-corrected chi connectivity index (χ2v) is 22.7. The van der Waals surface area contributed by atoms with Crippen molar-refractivity contribution in [3.8, 4) is 6.07 Å². The molecule has 4 aliphatic heterocycles. The van der Waals surface area contributed by atoms with Crippen molar-refractivity contribution in [3.05, 3.63) is 94.3 Å². The molecule has 306 valence electrons. The average molecular weight is 812 g/mol. The van der Waals surface area contributed by atoms with Crippen LogP contribution in [0.25, 0.3) is 0 Å². The molecule has 0 spiro atoms. The van der Waals surface area contributed by atoms with Crippen LogP contribution in [0.15, 0.2) is 94.3 Å². The van der Waals surface area contributed by atoms with Gasteiger partial charge in [-0.3, -0.25) is 10.2 Å². The number of nitrogens with one attached hydrogen (secondary N) is 1. The topological polar surface area (TPSA) is 45.5 Å². The molecule has 14 atom stereocenters. The Kier molecular flexibility index (Phi) is 10.0. The Balaban J connectivity index is 0.965. The molecule has 7 heteroatoms. The van der Waals surface area contributed by atoms with Crippen LogP contribution in [-0.2, 0) is 0 Å². The molecule has 12 rings (SSSR count). The Morgan fingerprint density at radius 2 is 1.62 bits per heavy atom. The number of fused-ring (bicyclic) bond motifs is 7. The van der Waals surface area contributed by atoms with Gasteiger partial charge in [0, 0.05) is 62.7 Å². The van der Waals surface area contributed by atoms with Crippen molar-refractivity contribution in [1.29, 1.82) is 5.26 Å². The van der Waals surface area contributed by atoms with Gasteiger partial charge in [-0.05, 0) is 118 Å². The first-order valence-electron chi connectivity index (χ1n) is 24.1. The minimum atomic E-state index is -0.177.